The third-order valence-electron chi connectivity index (χ3n) is 2.37. The van der Waals surface area contributed by atoms with Gasteiger partial charge in [-0.3, -0.25) is 4.79 Å². The molecule has 0 saturated carbocycles. The van der Waals surface area contributed by atoms with Gasteiger partial charge in [-0.1, -0.05) is 0 Å². The first kappa shape index (κ1) is 15.1. The number of nitrogens with zero attached hydrogens (tertiary/aromatic N) is 1. The minimum Gasteiger partial charge on any atom is -0.466 e. The van der Waals surface area contributed by atoms with E-state index in [9.17, 15) is 9.90 Å². The number of thiazole rings is 1. The number of esters is 1. The fourth-order valence-corrected chi connectivity index (χ4v) is 2.28. The van der Waals surface area contributed by atoms with Gasteiger partial charge in [0.1, 0.15) is 5.01 Å². The Bertz CT molecular complexity index is 381. The van der Waals surface area contributed by atoms with Crippen LogP contribution in [0.4, 0.5) is 0 Å². The van der Waals surface area contributed by atoms with Crippen molar-refractivity contribution in [2.24, 2.45) is 0 Å². The standard InChI is InChI=1S/C12H20N2O3S/c1-4-17-11(16)5-10(15)6-13-9(3)12-14-8(2)7-18-12/h7,9-10,13,15H,4-6H2,1-3H3. The lowest BCUT2D eigenvalue weighted by Gasteiger charge is -2.14. The molecule has 0 radical (unpaired) electrons. The quantitative estimate of drug-likeness (QED) is 0.734. The van der Waals surface area contributed by atoms with Gasteiger partial charge in [0.05, 0.1) is 25.2 Å². The van der Waals surface area contributed by atoms with E-state index < -0.39 is 6.10 Å². The molecule has 6 heteroatoms. The number of rotatable bonds is 7. The zero-order chi connectivity index (χ0) is 13.5. The van der Waals surface area contributed by atoms with Gasteiger partial charge in [0.25, 0.3) is 0 Å². The Kier molecular flexibility index (Phi) is 6.24. The number of aromatic nitrogens is 1. The number of aryl methyl sites for hydroxylation is 1. The minimum absolute atomic E-state index is 0.0183. The van der Waals surface area contributed by atoms with Crippen LogP contribution in [0, 0.1) is 6.92 Å². The molecular weight excluding hydrogens is 252 g/mol. The second kappa shape index (κ2) is 7.45. The van der Waals surface area contributed by atoms with Crippen LogP contribution in [0.5, 0.6) is 0 Å². The number of carbonyl (C=O) groups is 1. The van der Waals surface area contributed by atoms with E-state index >= 15 is 0 Å². The van der Waals surface area contributed by atoms with Crippen LogP contribution in [0.15, 0.2) is 5.38 Å². The average Bonchev–Trinajstić information content (AvgIpc) is 2.73. The zero-order valence-corrected chi connectivity index (χ0v) is 11.8. The molecule has 1 aromatic heterocycles. The van der Waals surface area contributed by atoms with Crippen molar-refractivity contribution in [3.63, 3.8) is 0 Å². The van der Waals surface area contributed by atoms with Gasteiger partial charge in [0.2, 0.25) is 0 Å². The molecule has 0 aliphatic rings. The van der Waals surface area contributed by atoms with E-state index in [-0.39, 0.29) is 18.4 Å². The molecule has 0 saturated heterocycles. The van der Waals surface area contributed by atoms with Gasteiger partial charge in [-0.05, 0) is 20.8 Å². The van der Waals surface area contributed by atoms with Crippen LogP contribution in [-0.4, -0.2) is 35.3 Å². The number of hydrogen-bond acceptors (Lipinski definition) is 6. The molecular formula is C12H20N2O3S. The molecule has 0 amide bonds. The molecule has 0 fully saturated rings. The monoisotopic (exact) mass is 272 g/mol. The normalized spacial score (nSPS) is 14.2. The van der Waals surface area contributed by atoms with E-state index in [2.05, 4.69) is 10.3 Å². The number of ether oxygens (including phenoxy) is 1. The minimum atomic E-state index is -0.729. The molecule has 2 unspecified atom stereocenters. The summed E-state index contributed by atoms with van der Waals surface area (Å²) in [6, 6.07) is 0.0699. The van der Waals surface area contributed by atoms with Crippen molar-refractivity contribution in [2.45, 2.75) is 39.3 Å². The Hall–Kier alpha value is -0.980. The second-order valence-electron chi connectivity index (χ2n) is 4.12. The molecule has 5 nitrogen and oxygen atoms in total. The van der Waals surface area contributed by atoms with Crippen LogP contribution in [0.3, 0.4) is 0 Å². The molecule has 102 valence electrons. The number of aliphatic hydroxyl groups is 1. The molecule has 1 rings (SSSR count). The average molecular weight is 272 g/mol. The number of nitrogens with one attached hydrogen (secondary N) is 1. The predicted molar refractivity (Wildman–Crippen MR) is 70.5 cm³/mol. The van der Waals surface area contributed by atoms with Crippen molar-refractivity contribution < 1.29 is 14.6 Å². The van der Waals surface area contributed by atoms with Crippen molar-refractivity contribution in [3.8, 4) is 0 Å². The van der Waals surface area contributed by atoms with Gasteiger partial charge in [-0.2, -0.15) is 0 Å². The molecule has 1 aromatic rings. The second-order valence-corrected chi connectivity index (χ2v) is 5.01. The van der Waals surface area contributed by atoms with Crippen molar-refractivity contribution in [1.82, 2.24) is 10.3 Å². The summed E-state index contributed by atoms with van der Waals surface area (Å²) in [6.45, 7) is 6.36. The first-order valence-corrected chi connectivity index (χ1v) is 6.90. The molecule has 1 heterocycles. The van der Waals surface area contributed by atoms with Crippen molar-refractivity contribution in [1.29, 1.82) is 0 Å². The topological polar surface area (TPSA) is 71.5 Å². The third kappa shape index (κ3) is 5.12. The summed E-state index contributed by atoms with van der Waals surface area (Å²) in [5.41, 5.74) is 0.996. The summed E-state index contributed by atoms with van der Waals surface area (Å²) in [6.07, 6.45) is -0.711. The summed E-state index contributed by atoms with van der Waals surface area (Å²) in [5, 5.41) is 15.8. The highest BCUT2D eigenvalue weighted by Gasteiger charge is 2.14. The maximum Gasteiger partial charge on any atom is 0.308 e. The van der Waals surface area contributed by atoms with Gasteiger partial charge >= 0.3 is 5.97 Å². The van der Waals surface area contributed by atoms with Gasteiger partial charge in [-0.15, -0.1) is 11.3 Å². The Morgan fingerprint density at radius 1 is 1.67 bits per heavy atom. The fourth-order valence-electron chi connectivity index (χ4n) is 1.46. The van der Waals surface area contributed by atoms with E-state index in [1.165, 1.54) is 0 Å². The number of carbonyl (C=O) groups excluding carboxylic acids is 1. The van der Waals surface area contributed by atoms with Crippen molar-refractivity contribution >= 4 is 17.3 Å². The molecule has 0 spiro atoms. The summed E-state index contributed by atoms with van der Waals surface area (Å²) in [7, 11) is 0. The van der Waals surface area contributed by atoms with Gasteiger partial charge in [0, 0.05) is 17.6 Å². The van der Waals surface area contributed by atoms with E-state index in [0.29, 0.717) is 13.2 Å². The zero-order valence-electron chi connectivity index (χ0n) is 11.0. The van der Waals surface area contributed by atoms with Crippen LogP contribution in [-0.2, 0) is 9.53 Å². The Morgan fingerprint density at radius 2 is 2.39 bits per heavy atom. The first-order valence-electron chi connectivity index (χ1n) is 6.02. The lowest BCUT2D eigenvalue weighted by atomic mass is 10.2. The fraction of sp³-hybridized carbons (Fsp3) is 0.667. The first-order chi connectivity index (χ1) is 8.52. The highest BCUT2D eigenvalue weighted by Crippen LogP contribution is 2.17. The maximum atomic E-state index is 11.2. The highest BCUT2D eigenvalue weighted by atomic mass is 32.1. The molecule has 2 atom stereocenters. The van der Waals surface area contributed by atoms with Crippen LogP contribution in [0.2, 0.25) is 0 Å². The van der Waals surface area contributed by atoms with Crippen molar-refractivity contribution in [3.05, 3.63) is 16.1 Å². The van der Waals surface area contributed by atoms with E-state index in [0.717, 1.165) is 10.7 Å². The Balaban J connectivity index is 2.29. The molecule has 2 N–H and O–H groups in total. The lowest BCUT2D eigenvalue weighted by Crippen LogP contribution is -2.31. The SMILES string of the molecule is CCOC(=O)CC(O)CNC(C)c1nc(C)cs1. The molecule has 18 heavy (non-hydrogen) atoms. The highest BCUT2D eigenvalue weighted by molar-refractivity contribution is 7.09. The third-order valence-corrected chi connectivity index (χ3v) is 3.52. The van der Waals surface area contributed by atoms with Gasteiger partial charge in [-0.25, -0.2) is 4.98 Å². The lowest BCUT2D eigenvalue weighted by molar-refractivity contribution is -0.145. The number of hydrogen-bond donors (Lipinski definition) is 2. The van der Waals surface area contributed by atoms with Gasteiger partial charge < -0.3 is 15.2 Å². The van der Waals surface area contributed by atoms with E-state index in [4.69, 9.17) is 4.74 Å². The van der Waals surface area contributed by atoms with Crippen LogP contribution in [0.25, 0.3) is 0 Å². The molecule has 0 aliphatic carbocycles. The predicted octanol–water partition coefficient (Wildman–Crippen LogP) is 1.42. The Morgan fingerprint density at radius 3 is 2.94 bits per heavy atom. The van der Waals surface area contributed by atoms with Crippen LogP contribution >= 0.6 is 11.3 Å². The largest absolute Gasteiger partial charge is 0.466 e. The summed E-state index contributed by atoms with van der Waals surface area (Å²) in [4.78, 5) is 15.5. The molecule has 0 aliphatic heterocycles. The molecule has 0 bridgehead atoms. The molecule has 0 aromatic carbocycles. The summed E-state index contributed by atoms with van der Waals surface area (Å²) < 4.78 is 4.77. The van der Waals surface area contributed by atoms with Crippen LogP contribution in [0.1, 0.15) is 37.0 Å². The van der Waals surface area contributed by atoms with E-state index in [1.54, 1.807) is 18.3 Å². The maximum absolute atomic E-state index is 11.2. The summed E-state index contributed by atoms with van der Waals surface area (Å²) >= 11 is 1.58. The van der Waals surface area contributed by atoms with Crippen LogP contribution < -0.4 is 5.32 Å². The smallest absolute Gasteiger partial charge is 0.308 e. The number of aliphatic hydroxyl groups excluding tert-OH is 1. The van der Waals surface area contributed by atoms with Crippen molar-refractivity contribution in [2.75, 3.05) is 13.2 Å². The Labute approximate surface area is 111 Å². The summed E-state index contributed by atoms with van der Waals surface area (Å²) in [5.74, 6) is -0.371. The van der Waals surface area contributed by atoms with Gasteiger partial charge in [0.15, 0.2) is 0 Å². The van der Waals surface area contributed by atoms with E-state index in [1.807, 2.05) is 19.2 Å².